The molecule has 6 nitrogen and oxygen atoms in total. The quantitative estimate of drug-likeness (QED) is 0.208. The number of benzene rings is 1. The van der Waals surface area contributed by atoms with Gasteiger partial charge in [0.2, 0.25) is 0 Å². The molecule has 0 saturated carbocycles. The van der Waals surface area contributed by atoms with Crippen LogP contribution in [0.3, 0.4) is 0 Å². The highest BCUT2D eigenvalue weighted by Crippen LogP contribution is 2.15. The predicted molar refractivity (Wildman–Crippen MR) is 130 cm³/mol. The SMILES string of the molecule is CCNC(=NCC(CC)Oc1ccccc1)N1CCC(OCCCOC)CC1.I. The Kier molecular flexibility index (Phi) is 14.1. The van der Waals surface area contributed by atoms with Crippen LogP contribution in [0.5, 0.6) is 5.75 Å². The number of para-hydroxylation sites is 1. The number of guanidine groups is 1. The van der Waals surface area contributed by atoms with Crippen LogP contribution in [-0.4, -0.2) is 69.6 Å². The molecule has 1 aliphatic rings. The zero-order chi connectivity index (χ0) is 20.0. The van der Waals surface area contributed by atoms with Gasteiger partial charge in [-0.3, -0.25) is 0 Å². The van der Waals surface area contributed by atoms with Crippen LogP contribution in [0.4, 0.5) is 0 Å². The summed E-state index contributed by atoms with van der Waals surface area (Å²) in [6.45, 7) is 9.25. The van der Waals surface area contributed by atoms with Gasteiger partial charge in [0.25, 0.3) is 0 Å². The van der Waals surface area contributed by atoms with E-state index >= 15 is 0 Å². The van der Waals surface area contributed by atoms with Crippen LogP contribution in [0.2, 0.25) is 0 Å². The van der Waals surface area contributed by atoms with Crippen LogP contribution in [0.15, 0.2) is 35.3 Å². The fraction of sp³-hybridized carbons (Fsp3) is 0.682. The summed E-state index contributed by atoms with van der Waals surface area (Å²) in [5, 5.41) is 3.43. The number of nitrogens with zero attached hydrogens (tertiary/aromatic N) is 2. The maximum atomic E-state index is 6.08. The van der Waals surface area contributed by atoms with E-state index in [9.17, 15) is 0 Å². The number of piperidine rings is 1. The maximum Gasteiger partial charge on any atom is 0.194 e. The monoisotopic (exact) mass is 519 g/mol. The molecule has 1 unspecified atom stereocenters. The van der Waals surface area contributed by atoms with Gasteiger partial charge in [-0.2, -0.15) is 0 Å². The smallest absolute Gasteiger partial charge is 0.194 e. The Hall–Kier alpha value is -1.06. The minimum atomic E-state index is 0. The number of hydrogen-bond acceptors (Lipinski definition) is 4. The van der Waals surface area contributed by atoms with Gasteiger partial charge in [-0.05, 0) is 44.7 Å². The molecule has 1 atom stereocenters. The first-order chi connectivity index (χ1) is 13.8. The van der Waals surface area contributed by atoms with E-state index in [0.29, 0.717) is 12.6 Å². The topological polar surface area (TPSA) is 55.3 Å². The number of nitrogens with one attached hydrogen (secondary N) is 1. The molecule has 0 aliphatic carbocycles. The van der Waals surface area contributed by atoms with Crippen LogP contribution < -0.4 is 10.1 Å². The van der Waals surface area contributed by atoms with Gasteiger partial charge >= 0.3 is 0 Å². The number of likely N-dealkylation sites (tertiary alicyclic amines) is 1. The van der Waals surface area contributed by atoms with Crippen molar-refractivity contribution in [2.24, 2.45) is 4.99 Å². The average molecular weight is 519 g/mol. The van der Waals surface area contributed by atoms with Gasteiger partial charge in [0.05, 0.1) is 12.6 Å². The first-order valence-corrected chi connectivity index (χ1v) is 10.6. The van der Waals surface area contributed by atoms with Crippen molar-refractivity contribution in [1.29, 1.82) is 0 Å². The largest absolute Gasteiger partial charge is 0.489 e. The minimum absolute atomic E-state index is 0. The molecule has 29 heavy (non-hydrogen) atoms. The lowest BCUT2D eigenvalue weighted by Crippen LogP contribution is -2.47. The third kappa shape index (κ3) is 10.00. The summed E-state index contributed by atoms with van der Waals surface area (Å²) in [6, 6.07) is 9.98. The molecule has 2 rings (SSSR count). The Balaban J connectivity index is 0.00000420. The summed E-state index contributed by atoms with van der Waals surface area (Å²) in [7, 11) is 1.73. The van der Waals surface area contributed by atoms with Crippen molar-refractivity contribution in [2.45, 2.75) is 51.7 Å². The standard InChI is InChI=1S/C22H37N3O3.HI/c1-4-19(28-21-10-7-6-8-11-21)18-24-22(23-5-2)25-14-12-20(13-15-25)27-17-9-16-26-3;/h6-8,10-11,19-20H,4-5,9,12-18H2,1-3H3,(H,23,24);1H. The second-order valence-corrected chi connectivity index (χ2v) is 7.06. The van der Waals surface area contributed by atoms with Crippen LogP contribution in [-0.2, 0) is 9.47 Å². The number of hydrogen-bond donors (Lipinski definition) is 1. The molecule has 0 aromatic heterocycles. The zero-order valence-corrected chi connectivity index (χ0v) is 20.5. The van der Waals surface area contributed by atoms with Crippen LogP contribution >= 0.6 is 24.0 Å². The highest BCUT2D eigenvalue weighted by atomic mass is 127. The first-order valence-electron chi connectivity index (χ1n) is 10.6. The highest BCUT2D eigenvalue weighted by molar-refractivity contribution is 14.0. The average Bonchev–Trinajstić information content (AvgIpc) is 2.74. The Labute approximate surface area is 193 Å². The molecular formula is C22H38IN3O3. The lowest BCUT2D eigenvalue weighted by atomic mass is 10.1. The summed E-state index contributed by atoms with van der Waals surface area (Å²) < 4.78 is 17.1. The van der Waals surface area contributed by atoms with E-state index in [-0.39, 0.29) is 30.1 Å². The summed E-state index contributed by atoms with van der Waals surface area (Å²) in [6.07, 6.45) is 4.39. The van der Waals surface area contributed by atoms with E-state index in [1.165, 1.54) is 0 Å². The summed E-state index contributed by atoms with van der Waals surface area (Å²) in [5.74, 6) is 1.89. The van der Waals surface area contributed by atoms with Crippen molar-refractivity contribution in [3.63, 3.8) is 0 Å². The molecule has 0 spiro atoms. The van der Waals surface area contributed by atoms with Gasteiger partial charge in [0.15, 0.2) is 5.96 Å². The van der Waals surface area contributed by atoms with Gasteiger partial charge in [-0.15, -0.1) is 24.0 Å². The summed E-state index contributed by atoms with van der Waals surface area (Å²) in [4.78, 5) is 7.21. The van der Waals surface area contributed by atoms with Crippen molar-refractivity contribution >= 4 is 29.9 Å². The Morgan fingerprint density at radius 1 is 1.17 bits per heavy atom. The molecule has 1 saturated heterocycles. The molecule has 1 aromatic carbocycles. The predicted octanol–water partition coefficient (Wildman–Crippen LogP) is 3.95. The molecule has 1 aliphatic heterocycles. The molecular weight excluding hydrogens is 481 g/mol. The van der Waals surface area contributed by atoms with Crippen molar-refractivity contribution in [3.8, 4) is 5.75 Å². The normalized spacial score (nSPS) is 16.2. The lowest BCUT2D eigenvalue weighted by Gasteiger charge is -2.34. The summed E-state index contributed by atoms with van der Waals surface area (Å²) in [5.41, 5.74) is 0. The molecule has 1 fully saturated rings. The Morgan fingerprint density at radius 2 is 1.90 bits per heavy atom. The van der Waals surface area contributed by atoms with E-state index in [2.05, 4.69) is 24.1 Å². The van der Waals surface area contributed by atoms with Crippen molar-refractivity contribution in [2.75, 3.05) is 46.5 Å². The van der Waals surface area contributed by atoms with Gasteiger partial charge in [-0.1, -0.05) is 25.1 Å². The van der Waals surface area contributed by atoms with Gasteiger partial charge in [0.1, 0.15) is 11.9 Å². The first kappa shape index (κ1) is 26.0. The zero-order valence-electron chi connectivity index (χ0n) is 18.1. The van der Waals surface area contributed by atoms with E-state index in [1.54, 1.807) is 7.11 Å². The molecule has 0 radical (unpaired) electrons. The third-order valence-electron chi connectivity index (χ3n) is 4.87. The number of halogens is 1. The molecule has 166 valence electrons. The fourth-order valence-corrected chi connectivity index (χ4v) is 3.24. The number of methoxy groups -OCH3 is 1. The molecule has 0 amide bonds. The van der Waals surface area contributed by atoms with Gasteiger partial charge < -0.3 is 24.4 Å². The molecule has 0 bridgehead atoms. The van der Waals surface area contributed by atoms with Gasteiger partial charge in [0, 0.05) is 40.0 Å². The Morgan fingerprint density at radius 3 is 2.52 bits per heavy atom. The van der Waals surface area contributed by atoms with Crippen molar-refractivity contribution in [1.82, 2.24) is 10.2 Å². The number of ether oxygens (including phenoxy) is 3. The lowest BCUT2D eigenvalue weighted by molar-refractivity contribution is 0.00987. The fourth-order valence-electron chi connectivity index (χ4n) is 3.24. The van der Waals surface area contributed by atoms with E-state index in [4.69, 9.17) is 19.2 Å². The molecule has 1 aromatic rings. The molecule has 7 heteroatoms. The van der Waals surface area contributed by atoms with E-state index < -0.39 is 0 Å². The highest BCUT2D eigenvalue weighted by Gasteiger charge is 2.22. The van der Waals surface area contributed by atoms with Crippen LogP contribution in [0.1, 0.15) is 39.5 Å². The van der Waals surface area contributed by atoms with Gasteiger partial charge in [-0.25, -0.2) is 4.99 Å². The number of aliphatic imine (C=N–C) groups is 1. The maximum absolute atomic E-state index is 6.08. The minimum Gasteiger partial charge on any atom is -0.489 e. The molecule has 1 N–H and O–H groups in total. The molecule has 1 heterocycles. The second kappa shape index (κ2) is 15.7. The van der Waals surface area contributed by atoms with Crippen molar-refractivity contribution in [3.05, 3.63) is 30.3 Å². The second-order valence-electron chi connectivity index (χ2n) is 7.06. The summed E-state index contributed by atoms with van der Waals surface area (Å²) >= 11 is 0. The number of rotatable bonds is 11. The van der Waals surface area contributed by atoms with Crippen LogP contribution in [0, 0.1) is 0 Å². The van der Waals surface area contributed by atoms with E-state index in [0.717, 1.165) is 70.2 Å². The van der Waals surface area contributed by atoms with Crippen molar-refractivity contribution < 1.29 is 14.2 Å². The Bertz CT molecular complexity index is 551. The van der Waals surface area contributed by atoms with Crippen LogP contribution in [0.25, 0.3) is 0 Å². The third-order valence-corrected chi connectivity index (χ3v) is 4.87. The van der Waals surface area contributed by atoms with E-state index in [1.807, 2.05) is 30.3 Å².